The van der Waals surface area contributed by atoms with Gasteiger partial charge in [-0.15, -0.1) is 0 Å². The molecule has 1 N–H and O–H groups in total. The van der Waals surface area contributed by atoms with Crippen LogP contribution in [0, 0.1) is 0 Å². The van der Waals surface area contributed by atoms with E-state index in [1.807, 2.05) is 6.07 Å². The van der Waals surface area contributed by atoms with Crippen LogP contribution in [0.3, 0.4) is 0 Å². The Morgan fingerprint density at radius 2 is 2.08 bits per heavy atom. The fourth-order valence-corrected chi connectivity index (χ4v) is 3.07. The number of ether oxygens (including phenoxy) is 2. The van der Waals surface area contributed by atoms with Crippen molar-refractivity contribution in [3.8, 4) is 0 Å². The molecule has 2 aromatic rings. The Balaban J connectivity index is 1.43. The van der Waals surface area contributed by atoms with Crippen LogP contribution in [-0.4, -0.2) is 53.0 Å². The lowest BCUT2D eigenvalue weighted by Gasteiger charge is -2.27. The molecule has 2 aliphatic rings. The van der Waals surface area contributed by atoms with Gasteiger partial charge in [0.15, 0.2) is 5.82 Å². The molecular formula is C17H24N6O3. The molecule has 4 rings (SSSR count). The zero-order chi connectivity index (χ0) is 17.8. The Hall–Kier alpha value is -2.26. The highest BCUT2D eigenvalue weighted by molar-refractivity contribution is 5.44. The Labute approximate surface area is 152 Å². The van der Waals surface area contributed by atoms with E-state index >= 15 is 0 Å². The van der Waals surface area contributed by atoms with E-state index in [0.717, 1.165) is 56.4 Å². The summed E-state index contributed by atoms with van der Waals surface area (Å²) in [6.45, 7) is 6.31. The van der Waals surface area contributed by atoms with Gasteiger partial charge in [0.25, 0.3) is 5.89 Å². The van der Waals surface area contributed by atoms with Crippen molar-refractivity contribution >= 4 is 11.8 Å². The monoisotopic (exact) mass is 360 g/mol. The highest BCUT2D eigenvalue weighted by Gasteiger charge is 2.23. The van der Waals surface area contributed by atoms with Crippen molar-refractivity contribution in [2.75, 3.05) is 43.1 Å². The number of rotatable bonds is 6. The molecule has 1 unspecified atom stereocenters. The van der Waals surface area contributed by atoms with Crippen molar-refractivity contribution in [3.05, 3.63) is 23.5 Å². The smallest absolute Gasteiger partial charge is 0.255 e. The Bertz CT molecular complexity index is 725. The van der Waals surface area contributed by atoms with Gasteiger partial charge in [-0.3, -0.25) is 0 Å². The quantitative estimate of drug-likeness (QED) is 0.825. The number of nitrogens with one attached hydrogen (secondary N) is 1. The third kappa shape index (κ3) is 3.94. The minimum Gasteiger partial charge on any atom is -0.378 e. The maximum Gasteiger partial charge on any atom is 0.255 e. The molecule has 140 valence electrons. The van der Waals surface area contributed by atoms with Crippen LogP contribution in [0.25, 0.3) is 0 Å². The first kappa shape index (κ1) is 17.2. The number of anilines is 2. The Morgan fingerprint density at radius 3 is 2.85 bits per heavy atom. The summed E-state index contributed by atoms with van der Waals surface area (Å²) < 4.78 is 16.3. The summed E-state index contributed by atoms with van der Waals surface area (Å²) in [6, 6.07) is 1.96. The van der Waals surface area contributed by atoms with E-state index in [4.69, 9.17) is 14.0 Å². The summed E-state index contributed by atoms with van der Waals surface area (Å²) in [5.41, 5.74) is 0.997. The molecule has 2 aliphatic heterocycles. The van der Waals surface area contributed by atoms with Crippen LogP contribution >= 0.6 is 0 Å². The second-order valence-corrected chi connectivity index (χ2v) is 6.40. The maximum atomic E-state index is 5.58. The number of nitrogens with zero attached hydrogens (tertiary/aromatic N) is 5. The minimum atomic E-state index is -0.0603. The van der Waals surface area contributed by atoms with Gasteiger partial charge in [0.2, 0.25) is 5.95 Å². The zero-order valence-corrected chi connectivity index (χ0v) is 15.0. The molecule has 0 aliphatic carbocycles. The average Bonchev–Trinajstić information content (AvgIpc) is 3.38. The summed E-state index contributed by atoms with van der Waals surface area (Å²) in [4.78, 5) is 15.9. The third-order valence-electron chi connectivity index (χ3n) is 4.54. The van der Waals surface area contributed by atoms with Crippen LogP contribution in [0.2, 0.25) is 0 Å². The fourth-order valence-electron chi connectivity index (χ4n) is 3.07. The lowest BCUT2D eigenvalue weighted by Crippen LogP contribution is -2.37. The summed E-state index contributed by atoms with van der Waals surface area (Å²) in [6.07, 6.45) is 2.75. The van der Waals surface area contributed by atoms with E-state index in [-0.39, 0.29) is 6.10 Å². The van der Waals surface area contributed by atoms with Crippen LogP contribution in [0.15, 0.2) is 10.6 Å². The Kier molecular flexibility index (Phi) is 5.26. The van der Waals surface area contributed by atoms with Gasteiger partial charge in [0, 0.05) is 31.5 Å². The second kappa shape index (κ2) is 7.96. The topological polar surface area (TPSA) is 98.4 Å². The minimum absolute atomic E-state index is 0.0603. The van der Waals surface area contributed by atoms with Gasteiger partial charge in [-0.25, -0.2) is 4.98 Å². The van der Waals surface area contributed by atoms with Gasteiger partial charge in [0.1, 0.15) is 11.9 Å². The number of morpholine rings is 1. The average molecular weight is 360 g/mol. The van der Waals surface area contributed by atoms with E-state index in [1.165, 1.54) is 0 Å². The molecule has 0 amide bonds. The normalized spacial score (nSPS) is 20.5. The molecule has 2 aromatic heterocycles. The predicted molar refractivity (Wildman–Crippen MR) is 94.0 cm³/mol. The van der Waals surface area contributed by atoms with Crippen molar-refractivity contribution < 1.29 is 14.0 Å². The molecule has 1 atom stereocenters. The SMILES string of the molecule is CCc1cc(NCc2noc(C3CCCO3)n2)nc(N2CCOCC2)n1. The maximum absolute atomic E-state index is 5.58. The molecular weight excluding hydrogens is 336 g/mol. The van der Waals surface area contributed by atoms with Gasteiger partial charge in [-0.1, -0.05) is 12.1 Å². The molecule has 26 heavy (non-hydrogen) atoms. The summed E-state index contributed by atoms with van der Waals surface area (Å²) in [5, 5.41) is 7.32. The second-order valence-electron chi connectivity index (χ2n) is 6.40. The van der Waals surface area contributed by atoms with E-state index < -0.39 is 0 Å². The first-order valence-electron chi connectivity index (χ1n) is 9.20. The number of aromatic nitrogens is 4. The van der Waals surface area contributed by atoms with Crippen molar-refractivity contribution in [1.82, 2.24) is 20.1 Å². The molecule has 9 heteroatoms. The van der Waals surface area contributed by atoms with Crippen LogP contribution in [0.5, 0.6) is 0 Å². The first-order chi connectivity index (χ1) is 12.8. The zero-order valence-electron chi connectivity index (χ0n) is 15.0. The number of aryl methyl sites for hydroxylation is 1. The molecule has 0 saturated carbocycles. The van der Waals surface area contributed by atoms with Crippen LogP contribution < -0.4 is 10.2 Å². The molecule has 2 fully saturated rings. The van der Waals surface area contributed by atoms with Gasteiger partial charge in [-0.2, -0.15) is 9.97 Å². The van der Waals surface area contributed by atoms with Gasteiger partial charge in [0.05, 0.1) is 19.8 Å². The molecule has 0 radical (unpaired) electrons. The predicted octanol–water partition coefficient (Wildman–Crippen LogP) is 1.72. The number of hydrogen-bond acceptors (Lipinski definition) is 9. The highest BCUT2D eigenvalue weighted by Crippen LogP contribution is 2.27. The van der Waals surface area contributed by atoms with Crippen LogP contribution in [0.4, 0.5) is 11.8 Å². The summed E-state index contributed by atoms with van der Waals surface area (Å²) in [7, 11) is 0. The molecule has 9 nitrogen and oxygen atoms in total. The van der Waals surface area contributed by atoms with Crippen LogP contribution in [0.1, 0.15) is 43.3 Å². The molecule has 0 spiro atoms. The number of hydrogen-bond donors (Lipinski definition) is 1. The standard InChI is InChI=1S/C17H24N6O3/c1-2-12-10-14(21-17(19-12)23-5-8-24-9-6-23)18-11-15-20-16(26-22-15)13-4-3-7-25-13/h10,13H,2-9,11H2,1H3,(H,18,19,21). The summed E-state index contributed by atoms with van der Waals surface area (Å²) >= 11 is 0. The van der Waals surface area contributed by atoms with Crippen molar-refractivity contribution in [2.45, 2.75) is 38.8 Å². The lowest BCUT2D eigenvalue weighted by atomic mass is 10.2. The van der Waals surface area contributed by atoms with Gasteiger partial charge < -0.3 is 24.2 Å². The van der Waals surface area contributed by atoms with Crippen molar-refractivity contribution in [1.29, 1.82) is 0 Å². The van der Waals surface area contributed by atoms with Crippen molar-refractivity contribution in [2.24, 2.45) is 0 Å². The third-order valence-corrected chi connectivity index (χ3v) is 4.54. The van der Waals surface area contributed by atoms with E-state index in [1.54, 1.807) is 0 Å². The molecule has 2 saturated heterocycles. The van der Waals surface area contributed by atoms with Crippen molar-refractivity contribution in [3.63, 3.8) is 0 Å². The first-order valence-corrected chi connectivity index (χ1v) is 9.20. The largest absolute Gasteiger partial charge is 0.378 e. The van der Waals surface area contributed by atoms with E-state index in [9.17, 15) is 0 Å². The molecule has 0 aromatic carbocycles. The van der Waals surface area contributed by atoms with Crippen LogP contribution in [-0.2, 0) is 22.4 Å². The van der Waals surface area contributed by atoms with Gasteiger partial charge in [-0.05, 0) is 19.3 Å². The van der Waals surface area contributed by atoms with E-state index in [0.29, 0.717) is 31.5 Å². The molecule has 4 heterocycles. The van der Waals surface area contributed by atoms with E-state index in [2.05, 4.69) is 37.2 Å². The lowest BCUT2D eigenvalue weighted by molar-refractivity contribution is 0.0835. The highest BCUT2D eigenvalue weighted by atomic mass is 16.5. The van der Waals surface area contributed by atoms with Gasteiger partial charge >= 0.3 is 0 Å². The fraction of sp³-hybridized carbons (Fsp3) is 0.647. The molecule has 0 bridgehead atoms. The summed E-state index contributed by atoms with van der Waals surface area (Å²) in [5.74, 6) is 2.66. The Morgan fingerprint density at radius 1 is 1.19 bits per heavy atom.